The van der Waals surface area contributed by atoms with Crippen LogP contribution in [0.1, 0.15) is 168 Å². The fourth-order valence-electron chi connectivity index (χ4n) is 5.18. The van der Waals surface area contributed by atoms with Gasteiger partial charge in [0, 0.05) is 12.8 Å². The number of carbonyl (C=O) groups is 3. The van der Waals surface area contributed by atoms with Gasteiger partial charge >= 0.3 is 11.9 Å². The maximum atomic E-state index is 12.6. The van der Waals surface area contributed by atoms with Gasteiger partial charge in [-0.3, -0.25) is 9.59 Å². The van der Waals surface area contributed by atoms with E-state index in [1.54, 1.807) is 0 Å². The summed E-state index contributed by atoms with van der Waals surface area (Å²) in [6.07, 6.45) is 40.2. The molecule has 0 aliphatic heterocycles. The first-order valence-corrected chi connectivity index (χ1v) is 19.0. The molecule has 2 unspecified atom stereocenters. The Morgan fingerprint density at radius 3 is 1.83 bits per heavy atom. The van der Waals surface area contributed by atoms with Crippen LogP contribution < -0.4 is 11.1 Å². The van der Waals surface area contributed by atoms with Crippen molar-refractivity contribution in [3.63, 3.8) is 0 Å². The van der Waals surface area contributed by atoms with Crippen LogP contribution in [0.25, 0.3) is 0 Å². The van der Waals surface area contributed by atoms with E-state index >= 15 is 0 Å². The Labute approximate surface area is 287 Å². The molecule has 2 atom stereocenters. The molecule has 0 heterocycles. The molecule has 0 rings (SSSR count). The van der Waals surface area contributed by atoms with Gasteiger partial charge in [-0.1, -0.05) is 114 Å². The number of allylic oxidation sites excluding steroid dienone is 7. The van der Waals surface area contributed by atoms with Crippen molar-refractivity contribution >= 4 is 17.8 Å². The van der Waals surface area contributed by atoms with Crippen LogP contribution >= 0.6 is 0 Å². The largest absolute Gasteiger partial charge is 0.480 e. The monoisotopic (exact) mass is 659 g/mol. The molecular formula is C40H70N2O5. The maximum Gasteiger partial charge on any atom is 0.326 e. The molecule has 0 aromatic heterocycles. The number of hydrogen-bond donors (Lipinski definition) is 3. The predicted octanol–water partition coefficient (Wildman–Crippen LogP) is 10.1. The van der Waals surface area contributed by atoms with Crippen LogP contribution in [0.3, 0.4) is 0 Å². The Morgan fingerprint density at radius 2 is 1.19 bits per heavy atom. The van der Waals surface area contributed by atoms with E-state index in [9.17, 15) is 19.5 Å². The molecule has 0 bridgehead atoms. The standard InChI is InChI=1S/C40H70N2O5/c1-3-5-7-9-11-13-14-15-16-17-18-20-22-28-34-39(44)47-36(30-25-21-19-12-10-8-6-4-2)31-26-23-24-27-33-38(43)42-37(40(45)46)32-29-35-41/h9,11-12,14-15,19,25,30,36-37H,3-8,10,13,16-18,20-24,26-29,31-35,41H2,1-2H3,(H,42,43)(H,45,46)/b11-9-,15-14-,19-12-,30-25-. The second-order valence-corrected chi connectivity index (χ2v) is 12.6. The van der Waals surface area contributed by atoms with E-state index < -0.39 is 12.0 Å². The van der Waals surface area contributed by atoms with Gasteiger partial charge in [0.25, 0.3) is 0 Å². The van der Waals surface area contributed by atoms with Crippen LogP contribution in [0.5, 0.6) is 0 Å². The third-order valence-corrected chi connectivity index (χ3v) is 8.10. The fourth-order valence-corrected chi connectivity index (χ4v) is 5.18. The highest BCUT2D eigenvalue weighted by atomic mass is 16.5. The number of rotatable bonds is 33. The van der Waals surface area contributed by atoms with Crippen molar-refractivity contribution in [2.24, 2.45) is 5.73 Å². The van der Waals surface area contributed by atoms with Crippen LogP contribution in [-0.4, -0.2) is 41.6 Å². The molecule has 0 aromatic rings. The summed E-state index contributed by atoms with van der Waals surface area (Å²) >= 11 is 0. The zero-order chi connectivity index (χ0) is 34.6. The van der Waals surface area contributed by atoms with Crippen molar-refractivity contribution in [2.45, 2.75) is 180 Å². The Bertz CT molecular complexity index is 880. The van der Waals surface area contributed by atoms with Gasteiger partial charge in [-0.05, 0) is 96.1 Å². The van der Waals surface area contributed by atoms with Crippen molar-refractivity contribution in [1.82, 2.24) is 5.32 Å². The van der Waals surface area contributed by atoms with Crippen LogP contribution in [-0.2, 0) is 19.1 Å². The molecule has 0 saturated carbocycles. The molecule has 1 amide bonds. The second-order valence-electron chi connectivity index (χ2n) is 12.6. The average molecular weight is 659 g/mol. The number of carboxylic acids is 1. The van der Waals surface area contributed by atoms with E-state index in [-0.39, 0.29) is 18.0 Å². The van der Waals surface area contributed by atoms with Gasteiger partial charge in [0.2, 0.25) is 5.91 Å². The molecule has 0 saturated heterocycles. The Hall–Kier alpha value is -2.67. The van der Waals surface area contributed by atoms with Gasteiger partial charge in [-0.25, -0.2) is 4.79 Å². The number of ether oxygens (including phenoxy) is 1. The highest BCUT2D eigenvalue weighted by Crippen LogP contribution is 2.14. The van der Waals surface area contributed by atoms with Crippen molar-refractivity contribution in [3.8, 4) is 0 Å². The highest BCUT2D eigenvalue weighted by Gasteiger charge is 2.19. The smallest absolute Gasteiger partial charge is 0.326 e. The maximum absolute atomic E-state index is 12.6. The van der Waals surface area contributed by atoms with E-state index in [1.807, 2.05) is 6.08 Å². The van der Waals surface area contributed by atoms with Crippen LogP contribution in [0.4, 0.5) is 0 Å². The van der Waals surface area contributed by atoms with Crippen LogP contribution in [0.15, 0.2) is 48.6 Å². The predicted molar refractivity (Wildman–Crippen MR) is 197 cm³/mol. The summed E-state index contributed by atoms with van der Waals surface area (Å²) in [4.78, 5) is 36.2. The van der Waals surface area contributed by atoms with Gasteiger partial charge in [0.05, 0.1) is 0 Å². The molecule has 0 fully saturated rings. The van der Waals surface area contributed by atoms with Crippen molar-refractivity contribution in [2.75, 3.05) is 6.54 Å². The van der Waals surface area contributed by atoms with Crippen molar-refractivity contribution < 1.29 is 24.2 Å². The third kappa shape index (κ3) is 31.7. The zero-order valence-electron chi connectivity index (χ0n) is 30.1. The molecular weight excluding hydrogens is 588 g/mol. The lowest BCUT2D eigenvalue weighted by Gasteiger charge is -2.15. The molecule has 0 radical (unpaired) electrons. The molecule has 7 heteroatoms. The summed E-state index contributed by atoms with van der Waals surface area (Å²) in [6.45, 7) is 4.83. The average Bonchev–Trinajstić information content (AvgIpc) is 3.05. The Balaban J connectivity index is 4.39. The number of hydrogen-bond acceptors (Lipinski definition) is 5. The molecule has 0 aromatic carbocycles. The molecule has 4 N–H and O–H groups in total. The molecule has 0 spiro atoms. The quantitative estimate of drug-likeness (QED) is 0.0367. The minimum Gasteiger partial charge on any atom is -0.480 e. The Kier molecular flexibility index (Phi) is 32.7. The van der Waals surface area contributed by atoms with E-state index in [4.69, 9.17) is 10.5 Å². The molecule has 0 aliphatic carbocycles. The van der Waals surface area contributed by atoms with E-state index in [0.29, 0.717) is 38.6 Å². The first kappa shape index (κ1) is 44.3. The number of carbonyl (C=O) groups excluding carboxylic acids is 2. The Morgan fingerprint density at radius 1 is 0.638 bits per heavy atom. The molecule has 0 aliphatic rings. The topological polar surface area (TPSA) is 119 Å². The van der Waals surface area contributed by atoms with Gasteiger partial charge in [0.15, 0.2) is 0 Å². The van der Waals surface area contributed by atoms with Crippen molar-refractivity contribution in [1.29, 1.82) is 0 Å². The number of esters is 1. The number of nitrogens with two attached hydrogens (primary N) is 1. The molecule has 7 nitrogen and oxygen atoms in total. The van der Waals surface area contributed by atoms with E-state index in [2.05, 4.69) is 61.7 Å². The van der Waals surface area contributed by atoms with E-state index in [1.165, 1.54) is 51.4 Å². The summed E-state index contributed by atoms with van der Waals surface area (Å²) in [5.41, 5.74) is 5.47. The minimum atomic E-state index is -1.02. The minimum absolute atomic E-state index is 0.121. The molecule has 47 heavy (non-hydrogen) atoms. The van der Waals surface area contributed by atoms with Gasteiger partial charge in [-0.2, -0.15) is 0 Å². The lowest BCUT2D eigenvalue weighted by atomic mass is 10.1. The van der Waals surface area contributed by atoms with E-state index in [0.717, 1.165) is 70.6 Å². The summed E-state index contributed by atoms with van der Waals surface area (Å²) in [5, 5.41) is 11.9. The second kappa shape index (κ2) is 34.7. The third-order valence-electron chi connectivity index (χ3n) is 8.10. The first-order valence-electron chi connectivity index (χ1n) is 19.0. The lowest BCUT2D eigenvalue weighted by Crippen LogP contribution is -2.40. The molecule has 270 valence electrons. The van der Waals surface area contributed by atoms with Gasteiger partial charge < -0.3 is 20.9 Å². The zero-order valence-corrected chi connectivity index (χ0v) is 30.1. The number of nitrogens with one attached hydrogen (secondary N) is 1. The fraction of sp³-hybridized carbons (Fsp3) is 0.725. The summed E-state index contributed by atoms with van der Waals surface area (Å²) in [7, 11) is 0. The normalized spacial score (nSPS) is 13.3. The highest BCUT2D eigenvalue weighted by molar-refractivity contribution is 5.83. The van der Waals surface area contributed by atoms with Crippen LogP contribution in [0.2, 0.25) is 0 Å². The summed E-state index contributed by atoms with van der Waals surface area (Å²) in [5.74, 6) is -1.37. The van der Waals surface area contributed by atoms with Gasteiger partial charge in [-0.15, -0.1) is 0 Å². The lowest BCUT2D eigenvalue weighted by molar-refractivity contribution is -0.147. The van der Waals surface area contributed by atoms with Crippen molar-refractivity contribution in [3.05, 3.63) is 48.6 Å². The summed E-state index contributed by atoms with van der Waals surface area (Å²) < 4.78 is 5.87. The number of aliphatic carboxylic acids is 1. The SMILES string of the molecule is CCCC/C=C\C/C=C\CCCCCCCC(=O)OC(/C=C\C/C=C\CCCCC)CCCCCCC(=O)NC(CCCN)C(=O)O. The number of unbranched alkanes of at least 4 members (excludes halogenated alkanes) is 13. The number of carboxylic acid groups (broad SMARTS) is 1. The van der Waals surface area contributed by atoms with Gasteiger partial charge in [0.1, 0.15) is 12.1 Å². The first-order chi connectivity index (χ1) is 22.9. The van der Waals surface area contributed by atoms with Crippen LogP contribution in [0, 0.1) is 0 Å². The number of amides is 1. The summed E-state index contributed by atoms with van der Waals surface area (Å²) in [6, 6.07) is -0.875.